The summed E-state index contributed by atoms with van der Waals surface area (Å²) in [6, 6.07) is -4.61. The van der Waals surface area contributed by atoms with E-state index in [9.17, 15) is 62.8 Å². The summed E-state index contributed by atoms with van der Waals surface area (Å²) < 4.78 is 16.7. The summed E-state index contributed by atoms with van der Waals surface area (Å²) in [5.41, 5.74) is 0. The Morgan fingerprint density at radius 1 is 0.726 bits per heavy atom. The number of hydrogen-bond donors (Lipinski definition) is 12. The zero-order valence-corrected chi connectivity index (χ0v) is 36.9. The third-order valence-electron chi connectivity index (χ3n) is 9.49. The number of carbonyl (C=O) groups excluding carboxylic acids is 5. The molecule has 25 heteroatoms. The average Bonchev–Trinajstić information content (AvgIpc) is 3.75. The second-order valence-electron chi connectivity index (χ2n) is 14.8. The van der Waals surface area contributed by atoms with Gasteiger partial charge in [0.15, 0.2) is 6.04 Å². The number of rotatable bonds is 32. The van der Waals surface area contributed by atoms with Crippen LogP contribution in [-0.2, 0) is 47.4 Å². The zero-order chi connectivity index (χ0) is 46.7. The predicted molar refractivity (Wildman–Crippen MR) is 224 cm³/mol. The molecule has 0 aromatic carbocycles. The number of amides is 6. The van der Waals surface area contributed by atoms with E-state index in [1.165, 1.54) is 26.2 Å². The van der Waals surface area contributed by atoms with Crippen molar-refractivity contribution in [2.24, 2.45) is 0 Å². The molecule has 2 aliphatic heterocycles. The van der Waals surface area contributed by atoms with Crippen molar-refractivity contribution >= 4 is 73.0 Å². The monoisotopic (exact) mass is 925 g/mol. The predicted octanol–water partition coefficient (Wildman–Crippen LogP) is 1.04. The molecule has 0 radical (unpaired) electrons. The summed E-state index contributed by atoms with van der Waals surface area (Å²) in [4.78, 5) is 112. The molecule has 6 amide bonds. The van der Waals surface area contributed by atoms with E-state index < -0.39 is 93.9 Å². The van der Waals surface area contributed by atoms with Crippen LogP contribution in [0.15, 0.2) is 0 Å². The van der Waals surface area contributed by atoms with E-state index in [1.54, 1.807) is 5.09 Å². The van der Waals surface area contributed by atoms with Gasteiger partial charge in [-0.2, -0.15) is 11.8 Å². The molecule has 0 bridgehead atoms. The van der Waals surface area contributed by atoms with E-state index in [-0.39, 0.29) is 30.3 Å². The van der Waals surface area contributed by atoms with Crippen molar-refractivity contribution in [3.05, 3.63) is 0 Å². The molecule has 0 aliphatic carbocycles. The van der Waals surface area contributed by atoms with Crippen molar-refractivity contribution in [2.45, 2.75) is 152 Å². The van der Waals surface area contributed by atoms with Crippen molar-refractivity contribution in [1.82, 2.24) is 37.0 Å². The van der Waals surface area contributed by atoms with Gasteiger partial charge in [-0.3, -0.25) is 33.3 Å². The van der Waals surface area contributed by atoms with Crippen LogP contribution in [0.5, 0.6) is 0 Å². The van der Waals surface area contributed by atoms with Crippen LogP contribution in [0.4, 0.5) is 4.79 Å². The van der Waals surface area contributed by atoms with Crippen LogP contribution in [-0.4, -0.2) is 140 Å². The van der Waals surface area contributed by atoms with Crippen molar-refractivity contribution in [1.29, 1.82) is 0 Å². The minimum Gasteiger partial charge on any atom is -0.481 e. The fraction of sp³-hybridized carbons (Fsp3) is 0.757. The first-order valence-corrected chi connectivity index (χ1v) is 23.3. The number of unbranched alkanes of at least 4 members (excludes halogenated alkanes) is 6. The summed E-state index contributed by atoms with van der Waals surface area (Å²) in [5, 5.41) is 54.2. The quantitative estimate of drug-likeness (QED) is 0.0255. The highest BCUT2D eigenvalue weighted by Gasteiger charge is 2.42. The molecule has 354 valence electrons. The molecule has 0 aromatic rings. The first-order valence-electron chi connectivity index (χ1n) is 20.7. The molecular formula is C37H64N7O16PS. The largest absolute Gasteiger partial charge is 0.481 e. The van der Waals surface area contributed by atoms with Gasteiger partial charge in [-0.25, -0.2) is 24.0 Å². The molecule has 2 heterocycles. The number of carbonyl (C=O) groups is 9. The van der Waals surface area contributed by atoms with Gasteiger partial charge in [0, 0.05) is 56.7 Å². The minimum absolute atomic E-state index is 0.00275. The van der Waals surface area contributed by atoms with Crippen molar-refractivity contribution < 1.29 is 77.6 Å². The molecule has 12 N–H and O–H groups in total. The fourth-order valence-corrected chi connectivity index (χ4v) is 8.76. The molecule has 0 saturated carbocycles. The van der Waals surface area contributed by atoms with Crippen LogP contribution >= 0.6 is 19.5 Å². The van der Waals surface area contributed by atoms with Gasteiger partial charge >= 0.3 is 37.7 Å². The molecule has 0 aromatic heterocycles. The molecule has 62 heavy (non-hydrogen) atoms. The second kappa shape index (κ2) is 30.5. The molecule has 23 nitrogen and oxygen atoms in total. The van der Waals surface area contributed by atoms with Gasteiger partial charge in [-0.1, -0.05) is 39.0 Å². The Hall–Kier alpha value is -4.51. The summed E-state index contributed by atoms with van der Waals surface area (Å²) in [6.45, 7) is 3.71. The number of fused-ring (bicyclic) bond motifs is 1. The lowest BCUT2D eigenvalue weighted by atomic mass is 10.0. The minimum atomic E-state index is -4.96. The van der Waals surface area contributed by atoms with E-state index in [4.69, 9.17) is 10.2 Å². The summed E-state index contributed by atoms with van der Waals surface area (Å²) in [7, 11) is -4.96. The fourth-order valence-electron chi connectivity index (χ4n) is 6.16. The van der Waals surface area contributed by atoms with E-state index in [0.29, 0.717) is 43.5 Å². The van der Waals surface area contributed by atoms with E-state index in [1.807, 2.05) is 17.1 Å². The summed E-state index contributed by atoms with van der Waals surface area (Å²) in [6.07, 6.45) is 7.93. The van der Waals surface area contributed by atoms with Crippen LogP contribution in [0, 0.1) is 0 Å². The van der Waals surface area contributed by atoms with Crippen LogP contribution < -0.4 is 37.0 Å². The molecule has 2 rings (SSSR count). The maximum absolute atomic E-state index is 12.2. The first kappa shape index (κ1) is 55.5. The summed E-state index contributed by atoms with van der Waals surface area (Å²) >= 11 is 1.94. The summed E-state index contributed by atoms with van der Waals surface area (Å²) in [5.74, 6) is -6.73. The van der Waals surface area contributed by atoms with Crippen LogP contribution in [0.25, 0.3) is 0 Å². The Labute approximate surface area is 364 Å². The van der Waals surface area contributed by atoms with Crippen LogP contribution in [0.3, 0.4) is 0 Å². The number of carboxylic acids is 4. The van der Waals surface area contributed by atoms with Crippen molar-refractivity contribution in [2.75, 3.05) is 25.4 Å². The van der Waals surface area contributed by atoms with Gasteiger partial charge in [0.1, 0.15) is 12.1 Å². The maximum atomic E-state index is 12.2. The molecule has 2 aliphatic rings. The number of aliphatic carboxylic acids is 4. The molecule has 2 fully saturated rings. The Balaban J connectivity index is 0.000000728. The number of hydrogen-bond acceptors (Lipinski definition) is 12. The van der Waals surface area contributed by atoms with E-state index in [0.717, 1.165) is 38.0 Å². The van der Waals surface area contributed by atoms with Gasteiger partial charge in [0.05, 0.1) is 18.7 Å². The standard InChI is InChI=1S/C21H35N4O14P.C16H29N3O2S/c1-12(26)22-10-4-2-3-5-16(27)23-13(19(31)32)6-8-17(28)24-15(21(35)36)11-39-40(37,38)25-14(20(33)34)7-9-18(29)30;1-2-3-4-7-10-17-14(20)9-6-5-8-13-15-12(11-22-13)18-16(21)19-15/h13-15H,2-11H2,1H3,(H,22,26)(H,23,27)(H,24,28)(H,29,30)(H,31,32)(H,33,34)(H,35,36)(H2,25,37,38);12-13,15H,2-11H2,1H3,(H,17,20)(H2,18,19,21)/t13-,14-,15-;/m0./s1. The van der Waals surface area contributed by atoms with Crippen LogP contribution in [0.1, 0.15) is 117 Å². The third kappa shape index (κ3) is 25.4. The van der Waals surface area contributed by atoms with Gasteiger partial charge in [-0.15, -0.1) is 0 Å². The van der Waals surface area contributed by atoms with E-state index >= 15 is 0 Å². The lowest BCUT2D eigenvalue weighted by molar-refractivity contribution is -0.144. The highest BCUT2D eigenvalue weighted by Crippen LogP contribution is 2.38. The third-order valence-corrected chi connectivity index (χ3v) is 12.1. The number of carboxylic acid groups (broad SMARTS) is 4. The molecule has 2 saturated heterocycles. The van der Waals surface area contributed by atoms with Gasteiger partial charge in [0.25, 0.3) is 0 Å². The van der Waals surface area contributed by atoms with Crippen LogP contribution in [0.2, 0.25) is 0 Å². The van der Waals surface area contributed by atoms with Gasteiger partial charge in [-0.05, 0) is 44.9 Å². The Kier molecular flexibility index (Phi) is 27.3. The lowest BCUT2D eigenvalue weighted by Gasteiger charge is -2.21. The number of thioether (sulfide) groups is 1. The highest BCUT2D eigenvalue weighted by molar-refractivity contribution is 8.00. The Bertz CT molecular complexity index is 1560. The maximum Gasteiger partial charge on any atom is 0.403 e. The smallest absolute Gasteiger partial charge is 0.403 e. The molecule has 0 spiro atoms. The molecule has 7 atom stereocenters. The number of nitrogens with one attached hydrogen (secondary N) is 7. The lowest BCUT2D eigenvalue weighted by Crippen LogP contribution is -2.46. The number of urea groups is 1. The Morgan fingerprint density at radius 3 is 1.90 bits per heavy atom. The molecular weight excluding hydrogens is 861 g/mol. The van der Waals surface area contributed by atoms with E-state index in [2.05, 4.69) is 38.0 Å². The van der Waals surface area contributed by atoms with Gasteiger partial charge in [0.2, 0.25) is 23.6 Å². The first-order chi connectivity index (χ1) is 29.2. The van der Waals surface area contributed by atoms with Gasteiger partial charge < -0.3 is 57.2 Å². The Morgan fingerprint density at radius 2 is 1.29 bits per heavy atom. The SMILES string of the molecule is CC(=O)NCCCCCC(=O)N[C@@H](CCC(=O)N[C@@H](COP(=O)(O)N[C@@H](CCC(=O)O)C(=O)O)C(=O)O)C(=O)O.CCCCCCNC(=O)CCCCC1SCC2NC(=O)NC21. The average molecular weight is 926 g/mol. The highest BCUT2D eigenvalue weighted by atomic mass is 32.2. The second-order valence-corrected chi connectivity index (χ2v) is 17.6. The zero-order valence-electron chi connectivity index (χ0n) is 35.2. The molecule has 4 unspecified atom stereocenters. The van der Waals surface area contributed by atoms with Crippen molar-refractivity contribution in [3.63, 3.8) is 0 Å². The van der Waals surface area contributed by atoms with Crippen molar-refractivity contribution in [3.8, 4) is 0 Å². The normalized spacial score (nSPS) is 18.8. The topological polar surface area (TPSA) is 365 Å².